The van der Waals surface area contributed by atoms with E-state index in [1.807, 2.05) is 17.5 Å². The van der Waals surface area contributed by atoms with Crippen LogP contribution in [0.15, 0.2) is 35.8 Å². The van der Waals surface area contributed by atoms with Crippen molar-refractivity contribution >= 4 is 23.1 Å². The van der Waals surface area contributed by atoms with Crippen molar-refractivity contribution in [2.45, 2.75) is 31.9 Å². The lowest BCUT2D eigenvalue weighted by molar-refractivity contribution is -0.390. The molecule has 3 rings (SSSR count). The molecule has 0 unspecified atom stereocenters. The lowest BCUT2D eigenvalue weighted by atomic mass is 10.2. The van der Waals surface area contributed by atoms with Gasteiger partial charge in [0, 0.05) is 11.4 Å². The van der Waals surface area contributed by atoms with Crippen LogP contribution in [0.2, 0.25) is 0 Å². The van der Waals surface area contributed by atoms with E-state index < -0.39 is 11.0 Å². The molecule has 0 bridgehead atoms. The second kappa shape index (κ2) is 6.96. The Morgan fingerprint density at radius 1 is 1.50 bits per heavy atom. The van der Waals surface area contributed by atoms with Crippen LogP contribution in [-0.4, -0.2) is 33.4 Å². The van der Waals surface area contributed by atoms with Crippen molar-refractivity contribution in [3.63, 3.8) is 0 Å². The van der Waals surface area contributed by atoms with Gasteiger partial charge in [-0.2, -0.15) is 0 Å². The number of carbonyl (C=O) groups is 1. The average molecular weight is 347 g/mol. The van der Waals surface area contributed by atoms with Crippen LogP contribution in [0.5, 0.6) is 5.75 Å². The number of pyridine rings is 1. The summed E-state index contributed by atoms with van der Waals surface area (Å²) < 4.78 is 5.55. The predicted octanol–water partition coefficient (Wildman–Crippen LogP) is 3.18. The topological polar surface area (TPSA) is 85.6 Å². The standard InChI is InChI=1S/C16H17N3O4S/c1-11(23-13-6-2-8-17-15(13)19(21)22)16(20)18-9-3-5-12(18)14-7-4-10-24-14/h2,4,6-8,10-12H,3,5,9H2,1H3/t11-,12-/m1/s1. The molecule has 1 aliphatic heterocycles. The van der Waals surface area contributed by atoms with Gasteiger partial charge in [-0.3, -0.25) is 4.79 Å². The lowest BCUT2D eigenvalue weighted by Gasteiger charge is -2.27. The van der Waals surface area contributed by atoms with Crippen molar-refractivity contribution < 1.29 is 14.5 Å². The minimum atomic E-state index is -0.812. The van der Waals surface area contributed by atoms with Crippen LogP contribution < -0.4 is 4.74 Å². The van der Waals surface area contributed by atoms with Crippen molar-refractivity contribution in [2.24, 2.45) is 0 Å². The van der Waals surface area contributed by atoms with E-state index in [2.05, 4.69) is 4.98 Å². The number of ether oxygens (including phenoxy) is 1. The maximum Gasteiger partial charge on any atom is 0.406 e. The van der Waals surface area contributed by atoms with Gasteiger partial charge in [0.2, 0.25) is 5.75 Å². The van der Waals surface area contributed by atoms with E-state index in [9.17, 15) is 14.9 Å². The molecule has 0 saturated carbocycles. The molecule has 1 fully saturated rings. The molecule has 2 aromatic heterocycles. The zero-order valence-electron chi connectivity index (χ0n) is 13.1. The molecule has 7 nitrogen and oxygen atoms in total. The zero-order valence-corrected chi connectivity index (χ0v) is 13.9. The second-order valence-corrected chi connectivity index (χ2v) is 6.53. The highest BCUT2D eigenvalue weighted by Crippen LogP contribution is 2.35. The minimum Gasteiger partial charge on any atom is -0.473 e. The number of amides is 1. The highest BCUT2D eigenvalue weighted by molar-refractivity contribution is 7.10. The molecule has 2 atom stereocenters. The number of carbonyl (C=O) groups excluding carboxylic acids is 1. The third-order valence-electron chi connectivity index (χ3n) is 3.98. The maximum atomic E-state index is 12.8. The van der Waals surface area contributed by atoms with E-state index in [1.54, 1.807) is 29.2 Å². The third-order valence-corrected chi connectivity index (χ3v) is 4.96. The molecule has 0 spiro atoms. The van der Waals surface area contributed by atoms with Crippen LogP contribution >= 0.6 is 11.3 Å². The summed E-state index contributed by atoms with van der Waals surface area (Å²) in [5.41, 5.74) is 0. The Bertz CT molecular complexity index is 735. The fourth-order valence-electron chi connectivity index (χ4n) is 2.89. The predicted molar refractivity (Wildman–Crippen MR) is 89.0 cm³/mol. The van der Waals surface area contributed by atoms with E-state index in [-0.39, 0.29) is 23.5 Å². The summed E-state index contributed by atoms with van der Waals surface area (Å²) >= 11 is 1.63. The molecule has 8 heteroatoms. The highest BCUT2D eigenvalue weighted by Gasteiger charge is 2.34. The van der Waals surface area contributed by atoms with Crippen molar-refractivity contribution in [3.05, 3.63) is 50.8 Å². The maximum absolute atomic E-state index is 12.8. The molecule has 1 amide bonds. The van der Waals surface area contributed by atoms with Gasteiger partial charge in [0.15, 0.2) is 6.10 Å². The van der Waals surface area contributed by atoms with Crippen molar-refractivity contribution in [3.8, 4) is 5.75 Å². The highest BCUT2D eigenvalue weighted by atomic mass is 32.1. The SMILES string of the molecule is C[C@@H](Oc1cccnc1[N+](=O)[O-])C(=O)N1CCC[C@@H]1c1cccs1. The lowest BCUT2D eigenvalue weighted by Crippen LogP contribution is -2.40. The Morgan fingerprint density at radius 3 is 3.04 bits per heavy atom. The number of nitrogens with zero attached hydrogens (tertiary/aromatic N) is 3. The van der Waals surface area contributed by atoms with Crippen LogP contribution in [0.25, 0.3) is 0 Å². The summed E-state index contributed by atoms with van der Waals surface area (Å²) in [4.78, 5) is 29.8. The number of hydrogen-bond donors (Lipinski definition) is 0. The Morgan fingerprint density at radius 2 is 2.33 bits per heavy atom. The van der Waals surface area contributed by atoms with E-state index >= 15 is 0 Å². The molecule has 3 heterocycles. The van der Waals surface area contributed by atoms with Gasteiger partial charge in [0.1, 0.15) is 6.20 Å². The van der Waals surface area contributed by atoms with Crippen molar-refractivity contribution in [1.82, 2.24) is 9.88 Å². The van der Waals surface area contributed by atoms with Crippen LogP contribution in [0.3, 0.4) is 0 Å². The summed E-state index contributed by atoms with van der Waals surface area (Å²) in [6.07, 6.45) is 2.37. The molecular formula is C16H17N3O4S. The summed E-state index contributed by atoms with van der Waals surface area (Å²) in [6.45, 7) is 2.28. The largest absolute Gasteiger partial charge is 0.473 e. The van der Waals surface area contributed by atoms with Gasteiger partial charge in [0.25, 0.3) is 5.91 Å². The summed E-state index contributed by atoms with van der Waals surface area (Å²) in [6, 6.07) is 7.06. The quantitative estimate of drug-likeness (QED) is 0.612. The van der Waals surface area contributed by atoms with Crippen LogP contribution in [0.4, 0.5) is 5.82 Å². The number of aromatic nitrogens is 1. The van der Waals surface area contributed by atoms with Crippen LogP contribution in [0, 0.1) is 10.1 Å². The summed E-state index contributed by atoms with van der Waals surface area (Å²) in [5.74, 6) is -0.535. The van der Waals surface area contributed by atoms with Gasteiger partial charge in [-0.05, 0) is 53.3 Å². The van der Waals surface area contributed by atoms with Gasteiger partial charge in [0.05, 0.1) is 6.04 Å². The monoisotopic (exact) mass is 347 g/mol. The van der Waals surface area contributed by atoms with Gasteiger partial charge in [-0.15, -0.1) is 11.3 Å². The minimum absolute atomic E-state index is 0.00946. The first kappa shape index (κ1) is 16.4. The zero-order chi connectivity index (χ0) is 17.1. The number of hydrogen-bond acceptors (Lipinski definition) is 6. The smallest absolute Gasteiger partial charge is 0.406 e. The van der Waals surface area contributed by atoms with E-state index in [0.717, 1.165) is 17.7 Å². The first-order chi connectivity index (χ1) is 11.6. The molecular weight excluding hydrogens is 330 g/mol. The van der Waals surface area contributed by atoms with E-state index in [4.69, 9.17) is 4.74 Å². The number of thiophene rings is 1. The van der Waals surface area contributed by atoms with Gasteiger partial charge < -0.3 is 19.8 Å². The molecule has 126 valence electrons. The molecule has 1 saturated heterocycles. The summed E-state index contributed by atoms with van der Waals surface area (Å²) in [7, 11) is 0. The summed E-state index contributed by atoms with van der Waals surface area (Å²) in [5, 5.41) is 13.0. The fraction of sp³-hybridized carbons (Fsp3) is 0.375. The fourth-order valence-corrected chi connectivity index (χ4v) is 3.77. The Balaban J connectivity index is 1.74. The van der Waals surface area contributed by atoms with Gasteiger partial charge >= 0.3 is 5.82 Å². The first-order valence-corrected chi connectivity index (χ1v) is 8.56. The molecule has 0 radical (unpaired) electrons. The second-order valence-electron chi connectivity index (χ2n) is 5.55. The Kier molecular flexibility index (Phi) is 4.75. The number of likely N-dealkylation sites (tertiary alicyclic amines) is 1. The molecule has 0 aromatic carbocycles. The Labute approximate surface area is 143 Å². The van der Waals surface area contributed by atoms with Crippen molar-refractivity contribution in [1.29, 1.82) is 0 Å². The van der Waals surface area contributed by atoms with E-state index in [1.165, 1.54) is 12.3 Å². The number of nitro groups is 1. The van der Waals surface area contributed by atoms with Gasteiger partial charge in [-0.25, -0.2) is 0 Å². The van der Waals surface area contributed by atoms with Crippen LogP contribution in [-0.2, 0) is 4.79 Å². The van der Waals surface area contributed by atoms with Crippen LogP contribution in [0.1, 0.15) is 30.7 Å². The average Bonchev–Trinajstić information content (AvgIpc) is 3.25. The molecule has 1 aliphatic rings. The van der Waals surface area contributed by atoms with E-state index in [0.29, 0.717) is 6.54 Å². The molecule has 24 heavy (non-hydrogen) atoms. The molecule has 0 aliphatic carbocycles. The molecule has 2 aromatic rings. The normalized spacial score (nSPS) is 18.4. The number of rotatable bonds is 5. The van der Waals surface area contributed by atoms with Gasteiger partial charge in [-0.1, -0.05) is 6.07 Å². The van der Waals surface area contributed by atoms with Crippen molar-refractivity contribution in [2.75, 3.05) is 6.54 Å². The third kappa shape index (κ3) is 3.23. The Hall–Kier alpha value is -2.48. The first-order valence-electron chi connectivity index (χ1n) is 7.68. The molecule has 0 N–H and O–H groups in total.